The molecular formula is C14H17F3N2O2. The largest absolute Gasteiger partial charge is 0.471 e. The van der Waals surface area contributed by atoms with Crippen molar-refractivity contribution < 1.29 is 22.8 Å². The number of hydrogen-bond donors (Lipinski definition) is 2. The van der Waals surface area contributed by atoms with Crippen molar-refractivity contribution in [3.8, 4) is 0 Å². The van der Waals surface area contributed by atoms with Gasteiger partial charge in [0.1, 0.15) is 0 Å². The van der Waals surface area contributed by atoms with Gasteiger partial charge in [-0.15, -0.1) is 0 Å². The molecule has 0 heterocycles. The first-order valence-corrected chi connectivity index (χ1v) is 6.56. The first-order chi connectivity index (χ1) is 9.82. The third-order valence-corrected chi connectivity index (χ3v) is 2.68. The highest BCUT2D eigenvalue weighted by Gasteiger charge is 2.38. The lowest BCUT2D eigenvalue weighted by Crippen LogP contribution is -2.36. The molecule has 0 radical (unpaired) electrons. The molecule has 2 N–H and O–H groups in total. The molecule has 0 spiro atoms. The van der Waals surface area contributed by atoms with Crippen LogP contribution in [0.1, 0.15) is 31.7 Å². The van der Waals surface area contributed by atoms with Gasteiger partial charge in [-0.3, -0.25) is 9.59 Å². The Morgan fingerprint density at radius 2 is 1.95 bits per heavy atom. The highest BCUT2D eigenvalue weighted by molar-refractivity contribution is 5.90. The van der Waals surface area contributed by atoms with Gasteiger partial charge in [-0.1, -0.05) is 25.5 Å². The molecule has 21 heavy (non-hydrogen) atoms. The molecule has 116 valence electrons. The zero-order valence-corrected chi connectivity index (χ0v) is 11.6. The van der Waals surface area contributed by atoms with Crippen LogP contribution < -0.4 is 10.6 Å². The number of unbranched alkanes of at least 4 members (excludes halogenated alkanes) is 1. The summed E-state index contributed by atoms with van der Waals surface area (Å²) in [7, 11) is 0. The van der Waals surface area contributed by atoms with Crippen LogP contribution in [0.15, 0.2) is 24.3 Å². The number of halogens is 3. The second kappa shape index (κ2) is 7.66. The van der Waals surface area contributed by atoms with Crippen LogP contribution in [-0.4, -0.2) is 18.0 Å². The summed E-state index contributed by atoms with van der Waals surface area (Å²) in [6.45, 7) is 1.72. The van der Waals surface area contributed by atoms with Gasteiger partial charge in [0.15, 0.2) is 0 Å². The average molecular weight is 302 g/mol. The molecule has 0 bridgehead atoms. The maximum absolute atomic E-state index is 12.1. The van der Waals surface area contributed by atoms with E-state index in [1.807, 2.05) is 6.92 Å². The summed E-state index contributed by atoms with van der Waals surface area (Å²) in [5, 5.41) is 4.44. The topological polar surface area (TPSA) is 58.2 Å². The van der Waals surface area contributed by atoms with Crippen molar-refractivity contribution in [1.82, 2.24) is 5.32 Å². The normalized spacial score (nSPS) is 11.0. The summed E-state index contributed by atoms with van der Waals surface area (Å²) in [6, 6.07) is 6.34. The number of alkyl halides is 3. The summed E-state index contributed by atoms with van der Waals surface area (Å²) in [5.41, 5.74) is 0.968. The molecule has 1 aromatic carbocycles. The minimum absolute atomic E-state index is 0.145. The number of rotatable bonds is 6. The SMILES string of the molecule is CCCCC(=O)Nc1cccc(CNC(=O)C(F)(F)F)c1. The Bertz CT molecular complexity index is 501. The number of anilines is 1. The van der Waals surface area contributed by atoms with E-state index in [1.54, 1.807) is 23.5 Å². The van der Waals surface area contributed by atoms with Crippen molar-refractivity contribution in [2.45, 2.75) is 38.9 Å². The van der Waals surface area contributed by atoms with Crippen molar-refractivity contribution in [3.63, 3.8) is 0 Å². The van der Waals surface area contributed by atoms with Crippen molar-refractivity contribution in [2.75, 3.05) is 5.32 Å². The highest BCUT2D eigenvalue weighted by Crippen LogP contribution is 2.15. The number of nitrogens with one attached hydrogen (secondary N) is 2. The molecule has 4 nitrogen and oxygen atoms in total. The van der Waals surface area contributed by atoms with Crippen LogP contribution in [0.5, 0.6) is 0 Å². The third-order valence-electron chi connectivity index (χ3n) is 2.68. The van der Waals surface area contributed by atoms with Crippen LogP contribution in [0.3, 0.4) is 0 Å². The molecular weight excluding hydrogens is 285 g/mol. The Morgan fingerprint density at radius 1 is 1.24 bits per heavy atom. The fraction of sp³-hybridized carbons (Fsp3) is 0.429. The quantitative estimate of drug-likeness (QED) is 0.848. The van der Waals surface area contributed by atoms with Crippen LogP contribution in [0.25, 0.3) is 0 Å². The molecule has 0 saturated carbocycles. The van der Waals surface area contributed by atoms with Gasteiger partial charge in [-0.25, -0.2) is 0 Å². The second-order valence-corrected chi connectivity index (χ2v) is 4.53. The number of carbonyl (C=O) groups is 2. The van der Waals surface area contributed by atoms with Crippen molar-refractivity contribution in [2.24, 2.45) is 0 Å². The zero-order chi connectivity index (χ0) is 15.9. The molecule has 0 aliphatic carbocycles. The molecule has 0 aliphatic heterocycles. The van der Waals surface area contributed by atoms with E-state index in [-0.39, 0.29) is 12.5 Å². The zero-order valence-electron chi connectivity index (χ0n) is 11.6. The Balaban J connectivity index is 2.56. The maximum atomic E-state index is 12.1. The van der Waals surface area contributed by atoms with E-state index in [1.165, 1.54) is 6.07 Å². The molecule has 1 aromatic rings. The lowest BCUT2D eigenvalue weighted by atomic mass is 10.2. The van der Waals surface area contributed by atoms with Crippen molar-refractivity contribution in [3.05, 3.63) is 29.8 Å². The van der Waals surface area contributed by atoms with E-state index in [4.69, 9.17) is 0 Å². The third kappa shape index (κ3) is 6.29. The second-order valence-electron chi connectivity index (χ2n) is 4.53. The lowest BCUT2D eigenvalue weighted by molar-refractivity contribution is -0.173. The highest BCUT2D eigenvalue weighted by atomic mass is 19.4. The molecule has 2 amide bonds. The van der Waals surface area contributed by atoms with Crippen molar-refractivity contribution in [1.29, 1.82) is 0 Å². The number of amides is 2. The van der Waals surface area contributed by atoms with Crippen LogP contribution in [0.4, 0.5) is 18.9 Å². The molecule has 0 saturated heterocycles. The van der Waals surface area contributed by atoms with Crippen molar-refractivity contribution >= 4 is 17.5 Å². The minimum atomic E-state index is -4.90. The fourth-order valence-electron chi connectivity index (χ4n) is 1.60. The van der Waals surface area contributed by atoms with E-state index >= 15 is 0 Å². The Hall–Kier alpha value is -2.05. The van der Waals surface area contributed by atoms with Crippen LogP contribution >= 0.6 is 0 Å². The summed E-state index contributed by atoms with van der Waals surface area (Å²) < 4.78 is 36.2. The van der Waals surface area contributed by atoms with E-state index in [0.717, 1.165) is 12.8 Å². The van der Waals surface area contributed by atoms with Crippen LogP contribution in [0.2, 0.25) is 0 Å². The van der Waals surface area contributed by atoms with Crippen LogP contribution in [-0.2, 0) is 16.1 Å². The summed E-state index contributed by atoms with van der Waals surface area (Å²) in [5.74, 6) is -2.13. The molecule has 0 fully saturated rings. The molecule has 1 rings (SSSR count). The number of hydrogen-bond acceptors (Lipinski definition) is 2. The smallest absolute Gasteiger partial charge is 0.344 e. The summed E-state index contributed by atoms with van der Waals surface area (Å²) in [4.78, 5) is 22.3. The molecule has 0 aliphatic rings. The number of benzene rings is 1. The predicted octanol–water partition coefficient (Wildman–Crippen LogP) is 2.99. The molecule has 0 atom stereocenters. The molecule has 0 unspecified atom stereocenters. The monoisotopic (exact) mass is 302 g/mol. The van der Waals surface area contributed by atoms with E-state index in [9.17, 15) is 22.8 Å². The molecule has 0 aromatic heterocycles. The van der Waals surface area contributed by atoms with E-state index in [0.29, 0.717) is 17.7 Å². The maximum Gasteiger partial charge on any atom is 0.471 e. The number of carbonyl (C=O) groups excluding carboxylic acids is 2. The van der Waals surface area contributed by atoms with Gasteiger partial charge in [-0.05, 0) is 24.1 Å². The van der Waals surface area contributed by atoms with Crippen LogP contribution in [0, 0.1) is 0 Å². The van der Waals surface area contributed by atoms with Gasteiger partial charge >= 0.3 is 12.1 Å². The lowest BCUT2D eigenvalue weighted by Gasteiger charge is -2.10. The van der Waals surface area contributed by atoms with E-state index < -0.39 is 12.1 Å². The fourth-order valence-corrected chi connectivity index (χ4v) is 1.60. The predicted molar refractivity (Wildman–Crippen MR) is 72.5 cm³/mol. The van der Waals surface area contributed by atoms with Gasteiger partial charge in [0.05, 0.1) is 0 Å². The summed E-state index contributed by atoms with van der Waals surface area (Å²) in [6.07, 6.45) is -2.83. The Kier molecular flexibility index (Phi) is 6.20. The standard InChI is InChI=1S/C14H17F3N2O2/c1-2-3-7-12(20)19-11-6-4-5-10(8-11)9-18-13(21)14(15,16)17/h4-6,8H,2-3,7,9H2,1H3,(H,18,21)(H,19,20). The van der Waals surface area contributed by atoms with Gasteiger partial charge in [0.2, 0.25) is 5.91 Å². The Labute approximate surface area is 120 Å². The van der Waals surface area contributed by atoms with E-state index in [2.05, 4.69) is 5.32 Å². The first-order valence-electron chi connectivity index (χ1n) is 6.56. The van der Waals surface area contributed by atoms with Gasteiger partial charge in [0.25, 0.3) is 0 Å². The Morgan fingerprint density at radius 3 is 2.57 bits per heavy atom. The van der Waals surface area contributed by atoms with Gasteiger partial charge in [-0.2, -0.15) is 13.2 Å². The van der Waals surface area contributed by atoms with Gasteiger partial charge < -0.3 is 10.6 Å². The average Bonchev–Trinajstić information content (AvgIpc) is 2.42. The first kappa shape index (κ1) is 17.0. The minimum Gasteiger partial charge on any atom is -0.344 e. The molecule has 7 heteroatoms. The van der Waals surface area contributed by atoms with Gasteiger partial charge in [0, 0.05) is 18.7 Å². The summed E-state index contributed by atoms with van der Waals surface area (Å²) >= 11 is 0.